The molecule has 0 saturated heterocycles. The Morgan fingerprint density at radius 2 is 1.67 bits per heavy atom. The summed E-state index contributed by atoms with van der Waals surface area (Å²) in [6, 6.07) is 8.90. The number of amides is 2. The van der Waals surface area contributed by atoms with Crippen molar-refractivity contribution in [3.63, 3.8) is 0 Å². The van der Waals surface area contributed by atoms with Crippen LogP contribution in [-0.2, 0) is 26.2 Å². The van der Waals surface area contributed by atoms with Crippen LogP contribution in [0.4, 0.5) is 5.69 Å². The summed E-state index contributed by atoms with van der Waals surface area (Å²) < 4.78 is 26.5. The molecule has 2 aromatic rings. The Morgan fingerprint density at radius 1 is 1.06 bits per heavy atom. The molecule has 1 N–H and O–H groups in total. The molecular formula is C25H32Cl3N3O4S. The van der Waals surface area contributed by atoms with Crippen LogP contribution >= 0.6 is 34.8 Å². The molecule has 0 spiro atoms. The van der Waals surface area contributed by atoms with E-state index in [9.17, 15) is 18.0 Å². The highest BCUT2D eigenvalue weighted by Gasteiger charge is 2.33. The molecule has 0 aliphatic carbocycles. The minimum absolute atomic E-state index is 0.0723. The van der Waals surface area contributed by atoms with Gasteiger partial charge in [-0.05, 0) is 49.1 Å². The fraction of sp³-hybridized carbons (Fsp3) is 0.440. The van der Waals surface area contributed by atoms with E-state index in [2.05, 4.69) is 5.32 Å². The second-order valence-electron chi connectivity index (χ2n) is 8.99. The number of nitrogens with one attached hydrogen (secondary N) is 1. The third-order valence-electron chi connectivity index (χ3n) is 5.58. The quantitative estimate of drug-likeness (QED) is 0.393. The van der Waals surface area contributed by atoms with Crippen molar-refractivity contribution in [3.8, 4) is 0 Å². The number of sulfonamides is 1. The summed E-state index contributed by atoms with van der Waals surface area (Å²) in [6.45, 7) is 7.26. The lowest BCUT2D eigenvalue weighted by molar-refractivity contribution is -0.140. The van der Waals surface area contributed by atoms with Crippen molar-refractivity contribution < 1.29 is 18.0 Å². The van der Waals surface area contributed by atoms with Crippen molar-refractivity contribution in [2.75, 3.05) is 23.7 Å². The summed E-state index contributed by atoms with van der Waals surface area (Å²) in [6.07, 6.45) is 1.31. The maximum Gasteiger partial charge on any atom is 0.244 e. The first kappa shape index (κ1) is 30.2. The van der Waals surface area contributed by atoms with Crippen molar-refractivity contribution in [1.29, 1.82) is 0 Å². The molecule has 2 amide bonds. The van der Waals surface area contributed by atoms with Gasteiger partial charge in [-0.3, -0.25) is 13.9 Å². The molecule has 0 fully saturated rings. The van der Waals surface area contributed by atoms with E-state index in [4.69, 9.17) is 34.8 Å². The van der Waals surface area contributed by atoms with Crippen molar-refractivity contribution in [2.24, 2.45) is 5.92 Å². The predicted octanol–water partition coefficient (Wildman–Crippen LogP) is 5.30. The Hall–Kier alpha value is -2.00. The highest BCUT2D eigenvalue weighted by Crippen LogP contribution is 2.29. The zero-order valence-electron chi connectivity index (χ0n) is 21.0. The number of halogens is 3. The fourth-order valence-electron chi connectivity index (χ4n) is 3.64. The molecule has 7 nitrogen and oxygen atoms in total. The largest absolute Gasteiger partial charge is 0.354 e. The lowest BCUT2D eigenvalue weighted by Crippen LogP contribution is -2.52. The zero-order chi connectivity index (χ0) is 27.2. The maximum atomic E-state index is 13.8. The van der Waals surface area contributed by atoms with Crippen LogP contribution < -0.4 is 9.62 Å². The molecule has 0 aliphatic rings. The first-order chi connectivity index (χ1) is 16.8. The Kier molecular flexibility index (Phi) is 10.9. The lowest BCUT2D eigenvalue weighted by Gasteiger charge is -2.33. The van der Waals surface area contributed by atoms with E-state index < -0.39 is 28.5 Å². The summed E-state index contributed by atoms with van der Waals surface area (Å²) in [5.41, 5.74) is 1.38. The number of aryl methyl sites for hydroxylation is 1. The third kappa shape index (κ3) is 8.00. The highest BCUT2D eigenvalue weighted by molar-refractivity contribution is 7.92. The molecule has 1 atom stereocenters. The van der Waals surface area contributed by atoms with Crippen LogP contribution in [0.15, 0.2) is 36.4 Å². The Balaban J connectivity index is 2.53. The van der Waals surface area contributed by atoms with Crippen molar-refractivity contribution >= 4 is 62.3 Å². The minimum atomic E-state index is -3.87. The molecule has 0 bridgehead atoms. The second-order valence-corrected chi connectivity index (χ2v) is 12.1. The fourth-order valence-corrected chi connectivity index (χ4v) is 5.22. The van der Waals surface area contributed by atoms with Gasteiger partial charge in [0.05, 0.1) is 11.9 Å². The zero-order valence-corrected chi connectivity index (χ0v) is 24.1. The van der Waals surface area contributed by atoms with Crippen LogP contribution in [0, 0.1) is 12.8 Å². The summed E-state index contributed by atoms with van der Waals surface area (Å²) >= 11 is 18.9. The van der Waals surface area contributed by atoms with E-state index in [1.165, 1.54) is 11.0 Å². The highest BCUT2D eigenvalue weighted by atomic mass is 35.5. The lowest BCUT2D eigenvalue weighted by atomic mass is 10.1. The molecular weight excluding hydrogens is 545 g/mol. The van der Waals surface area contributed by atoms with Gasteiger partial charge in [0.25, 0.3) is 0 Å². The molecule has 0 aliphatic heterocycles. The van der Waals surface area contributed by atoms with E-state index in [1.807, 2.05) is 13.8 Å². The van der Waals surface area contributed by atoms with Crippen LogP contribution in [0.1, 0.15) is 38.3 Å². The number of anilines is 1. The minimum Gasteiger partial charge on any atom is -0.354 e. The number of hydrogen-bond acceptors (Lipinski definition) is 4. The first-order valence-corrected chi connectivity index (χ1v) is 14.5. The SMILES string of the molecule is CC[C@@H](C(=O)NCC(C)C)N(Cc1c(Cl)cccc1Cl)C(=O)CN(c1cc(Cl)ccc1C)S(C)(=O)=O. The number of carbonyl (C=O) groups excluding carboxylic acids is 2. The van der Waals surface area contributed by atoms with Crippen LogP contribution in [0.5, 0.6) is 0 Å². The number of rotatable bonds is 11. The molecule has 0 unspecified atom stereocenters. The topological polar surface area (TPSA) is 86.8 Å². The number of hydrogen-bond donors (Lipinski definition) is 1. The molecule has 36 heavy (non-hydrogen) atoms. The molecule has 0 aromatic heterocycles. The maximum absolute atomic E-state index is 13.8. The molecule has 2 aromatic carbocycles. The van der Waals surface area contributed by atoms with E-state index >= 15 is 0 Å². The summed E-state index contributed by atoms with van der Waals surface area (Å²) in [5.74, 6) is -0.713. The third-order valence-corrected chi connectivity index (χ3v) is 7.65. The Bertz CT molecular complexity index is 1180. The van der Waals surface area contributed by atoms with Gasteiger partial charge >= 0.3 is 0 Å². The van der Waals surface area contributed by atoms with Gasteiger partial charge in [0, 0.05) is 33.7 Å². The van der Waals surface area contributed by atoms with E-state index in [-0.39, 0.29) is 24.1 Å². The Morgan fingerprint density at radius 3 is 2.19 bits per heavy atom. The van der Waals surface area contributed by atoms with Gasteiger partial charge in [0.1, 0.15) is 12.6 Å². The predicted molar refractivity (Wildman–Crippen MR) is 147 cm³/mol. The standard InChI is InChI=1S/C25H32Cl3N3O4S/c1-6-22(25(33)29-13-16(2)3)30(14-19-20(27)8-7-9-21(19)28)24(32)15-31(36(5,34)35)23-12-18(26)11-10-17(23)4/h7-12,16,22H,6,13-15H2,1-5H3,(H,29,33)/t22-/m0/s1. The van der Waals surface area contributed by atoms with Crippen molar-refractivity contribution in [1.82, 2.24) is 10.2 Å². The van der Waals surface area contributed by atoms with Crippen LogP contribution in [-0.4, -0.2) is 50.5 Å². The molecule has 11 heteroatoms. The molecule has 198 valence electrons. The van der Waals surface area contributed by atoms with Crippen LogP contribution in [0.25, 0.3) is 0 Å². The average molecular weight is 577 g/mol. The monoisotopic (exact) mass is 575 g/mol. The van der Waals surface area contributed by atoms with E-state index in [0.29, 0.717) is 39.2 Å². The molecule has 0 saturated carbocycles. The van der Waals surface area contributed by atoms with Gasteiger partial charge in [-0.2, -0.15) is 0 Å². The normalized spacial score (nSPS) is 12.4. The smallest absolute Gasteiger partial charge is 0.244 e. The van der Waals surface area contributed by atoms with Gasteiger partial charge in [0.2, 0.25) is 21.8 Å². The summed E-state index contributed by atoms with van der Waals surface area (Å²) in [5, 5.41) is 3.87. The second kappa shape index (κ2) is 13.0. The van der Waals surface area contributed by atoms with Gasteiger partial charge in [0.15, 0.2) is 0 Å². The molecule has 0 heterocycles. The molecule has 2 rings (SSSR count). The Labute approximate surface area is 228 Å². The van der Waals surface area contributed by atoms with Gasteiger partial charge in [-0.25, -0.2) is 8.42 Å². The number of benzene rings is 2. The summed E-state index contributed by atoms with van der Waals surface area (Å²) in [7, 11) is -3.87. The average Bonchev–Trinajstić information content (AvgIpc) is 2.78. The van der Waals surface area contributed by atoms with Crippen LogP contribution in [0.3, 0.4) is 0 Å². The molecule has 0 radical (unpaired) electrons. The number of carbonyl (C=O) groups is 2. The van der Waals surface area contributed by atoms with E-state index in [0.717, 1.165) is 10.6 Å². The van der Waals surface area contributed by atoms with E-state index in [1.54, 1.807) is 44.2 Å². The number of nitrogens with zero attached hydrogens (tertiary/aromatic N) is 2. The van der Waals surface area contributed by atoms with Crippen molar-refractivity contribution in [2.45, 2.75) is 46.7 Å². The van der Waals surface area contributed by atoms with Crippen molar-refractivity contribution in [3.05, 3.63) is 62.6 Å². The first-order valence-electron chi connectivity index (χ1n) is 11.5. The van der Waals surface area contributed by atoms with Gasteiger partial charge in [-0.1, -0.05) is 67.7 Å². The summed E-state index contributed by atoms with van der Waals surface area (Å²) in [4.78, 5) is 28.2. The van der Waals surface area contributed by atoms with Gasteiger partial charge in [-0.15, -0.1) is 0 Å². The van der Waals surface area contributed by atoms with Crippen LogP contribution in [0.2, 0.25) is 15.1 Å². The van der Waals surface area contributed by atoms with Gasteiger partial charge < -0.3 is 10.2 Å².